The lowest BCUT2D eigenvalue weighted by Gasteiger charge is -2.61. The summed E-state index contributed by atoms with van der Waals surface area (Å²) >= 11 is 0. The van der Waals surface area contributed by atoms with E-state index in [2.05, 4.69) is 20.4 Å². The van der Waals surface area contributed by atoms with Gasteiger partial charge in [0.05, 0.1) is 11.1 Å². The molecule has 6 rings (SSSR count). The van der Waals surface area contributed by atoms with E-state index in [1.54, 1.807) is 0 Å². The molecule has 4 saturated carbocycles. The number of esters is 2. The zero-order valence-corrected chi connectivity index (χ0v) is 22.7. The van der Waals surface area contributed by atoms with E-state index >= 15 is 0 Å². The number of allylic oxidation sites excluding steroid dienone is 1. The van der Waals surface area contributed by atoms with E-state index < -0.39 is 0 Å². The second-order valence-electron chi connectivity index (χ2n) is 12.9. The first-order chi connectivity index (χ1) is 18.3. The van der Waals surface area contributed by atoms with Gasteiger partial charge in [0.25, 0.3) is 0 Å². The Morgan fingerprint density at radius 2 is 1.34 bits per heavy atom. The van der Waals surface area contributed by atoms with Crippen LogP contribution in [0.1, 0.15) is 85.9 Å². The standard InChI is InChI=1S/C34H40O4/c1-22-20-25-21-26(37-31(35)23-10-6-4-7-11-23)16-18-33(25,2)28-17-19-34(3)27(30(22)28)14-15-29(34)38-32(36)24-12-8-5-9-13-24/h4-13,25-30H,1,14-21H2,2-3H3/t25-,26-,27+,28+,29+,30+,33-,34+/m0/s1. The number of carbonyl (C=O) groups is 2. The summed E-state index contributed by atoms with van der Waals surface area (Å²) < 4.78 is 12.2. The van der Waals surface area contributed by atoms with Gasteiger partial charge in [-0.15, -0.1) is 0 Å². The Balaban J connectivity index is 1.15. The lowest BCUT2D eigenvalue weighted by atomic mass is 9.44. The number of carbonyl (C=O) groups excluding carboxylic acids is 2. The van der Waals surface area contributed by atoms with Gasteiger partial charge >= 0.3 is 11.9 Å². The largest absolute Gasteiger partial charge is 0.459 e. The predicted octanol–water partition coefficient (Wildman–Crippen LogP) is 7.65. The molecule has 0 saturated heterocycles. The van der Waals surface area contributed by atoms with Gasteiger partial charge in [-0.2, -0.15) is 0 Å². The molecular formula is C34H40O4. The van der Waals surface area contributed by atoms with Crippen LogP contribution in [0.15, 0.2) is 72.8 Å². The molecule has 0 aromatic heterocycles. The smallest absolute Gasteiger partial charge is 0.338 e. The van der Waals surface area contributed by atoms with Crippen LogP contribution in [0, 0.1) is 34.5 Å². The van der Waals surface area contributed by atoms with Gasteiger partial charge in [0.1, 0.15) is 12.2 Å². The second-order valence-corrected chi connectivity index (χ2v) is 12.9. The third kappa shape index (κ3) is 4.21. The van der Waals surface area contributed by atoms with E-state index in [1.807, 2.05) is 60.7 Å². The summed E-state index contributed by atoms with van der Waals surface area (Å²) in [5, 5.41) is 0. The maximum atomic E-state index is 12.9. The predicted molar refractivity (Wildman–Crippen MR) is 148 cm³/mol. The van der Waals surface area contributed by atoms with Crippen molar-refractivity contribution in [2.24, 2.45) is 34.5 Å². The zero-order valence-electron chi connectivity index (χ0n) is 22.7. The number of fused-ring (bicyclic) bond motifs is 5. The van der Waals surface area contributed by atoms with Gasteiger partial charge in [0, 0.05) is 5.41 Å². The van der Waals surface area contributed by atoms with E-state index in [1.165, 1.54) is 5.57 Å². The molecule has 4 aliphatic carbocycles. The minimum absolute atomic E-state index is 0.000158. The van der Waals surface area contributed by atoms with E-state index in [-0.39, 0.29) is 35.0 Å². The molecule has 2 aromatic rings. The Hall–Kier alpha value is -2.88. The maximum Gasteiger partial charge on any atom is 0.338 e. The molecule has 4 nitrogen and oxygen atoms in total. The van der Waals surface area contributed by atoms with Crippen molar-refractivity contribution in [3.63, 3.8) is 0 Å². The van der Waals surface area contributed by atoms with Crippen molar-refractivity contribution in [1.29, 1.82) is 0 Å². The Bertz CT molecular complexity index is 1210. The summed E-state index contributed by atoms with van der Waals surface area (Å²) in [5.74, 6) is 1.68. The first kappa shape index (κ1) is 25.4. The quantitative estimate of drug-likeness (QED) is 0.312. The van der Waals surface area contributed by atoms with Crippen LogP contribution < -0.4 is 0 Å². The average molecular weight is 513 g/mol. The van der Waals surface area contributed by atoms with Gasteiger partial charge in [0.2, 0.25) is 0 Å². The molecule has 0 amide bonds. The van der Waals surface area contributed by atoms with Crippen LogP contribution in [0.3, 0.4) is 0 Å². The summed E-state index contributed by atoms with van der Waals surface area (Å²) in [6.45, 7) is 9.53. The summed E-state index contributed by atoms with van der Waals surface area (Å²) in [5.41, 5.74) is 2.88. The topological polar surface area (TPSA) is 52.6 Å². The number of rotatable bonds is 4. The Kier molecular flexibility index (Phi) is 6.48. The van der Waals surface area contributed by atoms with Crippen molar-refractivity contribution >= 4 is 11.9 Å². The zero-order chi connectivity index (χ0) is 26.5. The Labute approximate surface area is 226 Å². The molecule has 0 N–H and O–H groups in total. The van der Waals surface area contributed by atoms with E-state index in [9.17, 15) is 9.59 Å². The Morgan fingerprint density at radius 1 is 0.763 bits per heavy atom. The van der Waals surface area contributed by atoms with Crippen molar-refractivity contribution in [3.05, 3.63) is 83.9 Å². The fraction of sp³-hybridized carbons (Fsp3) is 0.529. The van der Waals surface area contributed by atoms with Crippen LogP contribution in [0.5, 0.6) is 0 Å². The molecule has 0 bridgehead atoms. The van der Waals surface area contributed by atoms with Crippen LogP contribution in [0.25, 0.3) is 0 Å². The van der Waals surface area contributed by atoms with Gasteiger partial charge in [-0.3, -0.25) is 0 Å². The summed E-state index contributed by atoms with van der Waals surface area (Å²) in [6, 6.07) is 18.7. The van der Waals surface area contributed by atoms with Gasteiger partial charge < -0.3 is 9.47 Å². The molecular weight excluding hydrogens is 472 g/mol. The average Bonchev–Trinajstić information content (AvgIpc) is 3.26. The molecule has 4 fully saturated rings. The van der Waals surface area contributed by atoms with E-state index in [4.69, 9.17) is 9.47 Å². The van der Waals surface area contributed by atoms with Crippen LogP contribution in [-0.2, 0) is 9.47 Å². The van der Waals surface area contributed by atoms with Crippen LogP contribution in [-0.4, -0.2) is 24.1 Å². The van der Waals surface area contributed by atoms with Crippen LogP contribution in [0.2, 0.25) is 0 Å². The van der Waals surface area contributed by atoms with Crippen LogP contribution in [0.4, 0.5) is 0 Å². The highest BCUT2D eigenvalue weighted by Crippen LogP contribution is 2.67. The van der Waals surface area contributed by atoms with Crippen molar-refractivity contribution in [2.45, 2.75) is 77.4 Å². The summed E-state index contributed by atoms with van der Waals surface area (Å²) in [7, 11) is 0. The fourth-order valence-electron chi connectivity index (χ4n) is 8.90. The highest BCUT2D eigenvalue weighted by Gasteiger charge is 2.62. The summed E-state index contributed by atoms with van der Waals surface area (Å²) in [6.07, 6.45) is 8.18. The molecule has 38 heavy (non-hydrogen) atoms. The maximum absolute atomic E-state index is 12.9. The second kappa shape index (κ2) is 9.70. The van der Waals surface area contributed by atoms with Crippen molar-refractivity contribution in [3.8, 4) is 0 Å². The lowest BCUT2D eigenvalue weighted by Crippen LogP contribution is -2.55. The molecule has 0 heterocycles. The number of hydrogen-bond acceptors (Lipinski definition) is 4. The van der Waals surface area contributed by atoms with Crippen LogP contribution >= 0.6 is 0 Å². The molecule has 0 radical (unpaired) electrons. The highest BCUT2D eigenvalue weighted by molar-refractivity contribution is 5.89. The van der Waals surface area contributed by atoms with E-state index in [0.717, 1.165) is 51.4 Å². The number of hydrogen-bond donors (Lipinski definition) is 0. The SMILES string of the molecule is C=C1C[C@H]2C[C@@H](OC(=O)c3ccccc3)CC[C@]2(C)[C@@H]2CC[C@]3(C)[C@H](CC[C@H]3OC(=O)c3ccccc3)[C@@H]12. The van der Waals surface area contributed by atoms with Crippen molar-refractivity contribution < 1.29 is 19.1 Å². The molecule has 0 aliphatic heterocycles. The molecule has 0 unspecified atom stereocenters. The van der Waals surface area contributed by atoms with Gasteiger partial charge in [-0.05, 0) is 105 Å². The molecule has 4 aliphatic rings. The Morgan fingerprint density at radius 3 is 2.00 bits per heavy atom. The van der Waals surface area contributed by atoms with Gasteiger partial charge in [-0.25, -0.2) is 9.59 Å². The number of ether oxygens (including phenoxy) is 2. The molecule has 2 aromatic carbocycles. The minimum atomic E-state index is -0.206. The summed E-state index contributed by atoms with van der Waals surface area (Å²) in [4.78, 5) is 25.7. The molecule has 200 valence electrons. The highest BCUT2D eigenvalue weighted by atomic mass is 16.5. The molecule has 4 heteroatoms. The normalized spacial score (nSPS) is 37.9. The fourth-order valence-corrected chi connectivity index (χ4v) is 8.90. The minimum Gasteiger partial charge on any atom is -0.459 e. The van der Waals surface area contributed by atoms with E-state index in [0.29, 0.717) is 34.8 Å². The van der Waals surface area contributed by atoms with Crippen molar-refractivity contribution in [2.75, 3.05) is 0 Å². The first-order valence-corrected chi connectivity index (χ1v) is 14.5. The third-order valence-electron chi connectivity index (χ3n) is 11.0. The molecule has 8 atom stereocenters. The van der Waals surface area contributed by atoms with Gasteiger partial charge in [0.15, 0.2) is 0 Å². The number of benzene rings is 2. The third-order valence-corrected chi connectivity index (χ3v) is 11.0. The molecule has 0 spiro atoms. The first-order valence-electron chi connectivity index (χ1n) is 14.5. The van der Waals surface area contributed by atoms with Crippen molar-refractivity contribution in [1.82, 2.24) is 0 Å². The lowest BCUT2D eigenvalue weighted by molar-refractivity contribution is -0.116. The van der Waals surface area contributed by atoms with Gasteiger partial charge in [-0.1, -0.05) is 62.4 Å². The monoisotopic (exact) mass is 512 g/mol.